The van der Waals surface area contributed by atoms with Crippen LogP contribution in [-0.4, -0.2) is 49.6 Å². The highest BCUT2D eigenvalue weighted by atomic mass is 16.2. The van der Waals surface area contributed by atoms with Gasteiger partial charge in [-0.05, 0) is 12.8 Å². The van der Waals surface area contributed by atoms with Gasteiger partial charge in [0.05, 0.1) is 12.6 Å². The summed E-state index contributed by atoms with van der Waals surface area (Å²) in [5, 5.41) is 5.29. The van der Waals surface area contributed by atoms with Crippen LogP contribution in [0.2, 0.25) is 0 Å². The molecule has 1 atom stereocenters. The van der Waals surface area contributed by atoms with Crippen LogP contribution in [0.3, 0.4) is 0 Å². The normalized spacial score (nSPS) is 20.1. The van der Waals surface area contributed by atoms with Crippen molar-refractivity contribution < 1.29 is 9.59 Å². The second-order valence-corrected chi connectivity index (χ2v) is 3.55. The van der Waals surface area contributed by atoms with E-state index in [-0.39, 0.29) is 24.5 Å². The van der Waals surface area contributed by atoms with E-state index in [9.17, 15) is 9.59 Å². The number of hydrogen-bond acceptors (Lipinski definition) is 3. The quantitative estimate of drug-likeness (QED) is 0.555. The maximum absolute atomic E-state index is 11.4. The van der Waals surface area contributed by atoms with Gasteiger partial charge in [0, 0.05) is 20.1 Å². The second-order valence-electron chi connectivity index (χ2n) is 3.55. The van der Waals surface area contributed by atoms with Crippen LogP contribution in [0.25, 0.3) is 0 Å². The van der Waals surface area contributed by atoms with Gasteiger partial charge in [0.15, 0.2) is 0 Å². The fourth-order valence-corrected chi connectivity index (χ4v) is 1.76. The molecule has 6 nitrogen and oxygen atoms in total. The van der Waals surface area contributed by atoms with Gasteiger partial charge in [0.1, 0.15) is 0 Å². The van der Waals surface area contributed by atoms with Crippen molar-refractivity contribution in [3.63, 3.8) is 0 Å². The lowest BCUT2D eigenvalue weighted by atomic mass is 10.2. The van der Waals surface area contributed by atoms with E-state index in [0.29, 0.717) is 6.54 Å². The number of rotatable bonds is 3. The molecule has 0 aromatic carbocycles. The lowest BCUT2D eigenvalue weighted by Gasteiger charge is -2.24. The first-order chi connectivity index (χ1) is 7.19. The van der Waals surface area contributed by atoms with Crippen molar-refractivity contribution in [3.05, 3.63) is 0 Å². The molecule has 86 valence electrons. The summed E-state index contributed by atoms with van der Waals surface area (Å²) in [5.74, 6) is -0.182. The zero-order valence-corrected chi connectivity index (χ0v) is 8.95. The maximum atomic E-state index is 11.4. The number of urea groups is 1. The van der Waals surface area contributed by atoms with E-state index in [1.807, 2.05) is 0 Å². The van der Waals surface area contributed by atoms with Crippen molar-refractivity contribution in [1.29, 1.82) is 0 Å². The molecule has 0 saturated carbocycles. The van der Waals surface area contributed by atoms with E-state index >= 15 is 0 Å². The van der Waals surface area contributed by atoms with Gasteiger partial charge in [-0.3, -0.25) is 4.79 Å². The number of likely N-dealkylation sites (tertiary alicyclic amines) is 1. The third-order valence-corrected chi connectivity index (χ3v) is 2.57. The predicted molar refractivity (Wildman–Crippen MR) is 56.2 cm³/mol. The molecule has 15 heavy (non-hydrogen) atoms. The van der Waals surface area contributed by atoms with E-state index in [1.54, 1.807) is 11.9 Å². The van der Waals surface area contributed by atoms with Crippen molar-refractivity contribution in [3.8, 4) is 0 Å². The van der Waals surface area contributed by atoms with Gasteiger partial charge in [0.25, 0.3) is 0 Å². The highest BCUT2D eigenvalue weighted by molar-refractivity contribution is 5.78. The zero-order chi connectivity index (χ0) is 11.3. The molecule has 1 fully saturated rings. The van der Waals surface area contributed by atoms with Gasteiger partial charge < -0.3 is 21.3 Å². The Labute approximate surface area is 89.2 Å². The van der Waals surface area contributed by atoms with Crippen LogP contribution in [0.5, 0.6) is 0 Å². The summed E-state index contributed by atoms with van der Waals surface area (Å²) in [6.45, 7) is 1.24. The molecule has 1 rings (SSSR count). The molecule has 0 bridgehead atoms. The Kier molecular flexibility index (Phi) is 4.36. The van der Waals surface area contributed by atoms with Crippen LogP contribution < -0.4 is 16.4 Å². The zero-order valence-electron chi connectivity index (χ0n) is 8.95. The second kappa shape index (κ2) is 5.55. The third kappa shape index (κ3) is 3.09. The Hall–Kier alpha value is -1.30. The van der Waals surface area contributed by atoms with E-state index in [2.05, 4.69) is 10.6 Å². The fraction of sp³-hybridized carbons (Fsp3) is 0.778. The lowest BCUT2D eigenvalue weighted by Crippen LogP contribution is -2.47. The summed E-state index contributed by atoms with van der Waals surface area (Å²) in [6.07, 6.45) is 1.91. The predicted octanol–water partition coefficient (Wildman–Crippen LogP) is -1.13. The number of carbonyl (C=O) groups is 2. The summed E-state index contributed by atoms with van der Waals surface area (Å²) in [6, 6.07) is 0.0138. The largest absolute Gasteiger partial charge is 0.353 e. The van der Waals surface area contributed by atoms with Crippen molar-refractivity contribution in [1.82, 2.24) is 15.5 Å². The maximum Gasteiger partial charge on any atom is 0.317 e. The van der Waals surface area contributed by atoms with Gasteiger partial charge in [-0.15, -0.1) is 0 Å². The number of carbonyl (C=O) groups excluding carboxylic acids is 2. The van der Waals surface area contributed by atoms with Gasteiger partial charge in [-0.25, -0.2) is 4.79 Å². The average molecular weight is 214 g/mol. The number of nitrogens with zero attached hydrogens (tertiary/aromatic N) is 1. The van der Waals surface area contributed by atoms with Gasteiger partial charge in [-0.2, -0.15) is 0 Å². The summed E-state index contributed by atoms with van der Waals surface area (Å²) in [4.78, 5) is 24.1. The fourth-order valence-electron chi connectivity index (χ4n) is 1.76. The molecule has 1 aliphatic rings. The Morgan fingerprint density at radius 2 is 2.27 bits per heavy atom. The van der Waals surface area contributed by atoms with Crippen molar-refractivity contribution >= 4 is 11.9 Å². The SMILES string of the molecule is CNC(=O)N1CCCC1CNC(=O)CN. The minimum Gasteiger partial charge on any atom is -0.353 e. The average Bonchev–Trinajstić information content (AvgIpc) is 2.72. The smallest absolute Gasteiger partial charge is 0.317 e. The summed E-state index contributed by atoms with van der Waals surface area (Å²) >= 11 is 0. The van der Waals surface area contributed by atoms with Crippen LogP contribution in [0.15, 0.2) is 0 Å². The molecule has 0 aliphatic carbocycles. The van der Waals surface area contributed by atoms with Crippen LogP contribution in [0.1, 0.15) is 12.8 Å². The molecule has 1 heterocycles. The molecule has 0 aromatic heterocycles. The summed E-state index contributed by atoms with van der Waals surface area (Å²) in [7, 11) is 1.61. The van der Waals surface area contributed by atoms with E-state index in [4.69, 9.17) is 5.73 Å². The highest BCUT2D eigenvalue weighted by Crippen LogP contribution is 2.16. The Morgan fingerprint density at radius 3 is 2.87 bits per heavy atom. The molecular weight excluding hydrogens is 196 g/mol. The van der Waals surface area contributed by atoms with Crippen LogP contribution in [0, 0.1) is 0 Å². The molecule has 1 saturated heterocycles. The summed E-state index contributed by atoms with van der Waals surface area (Å²) < 4.78 is 0. The monoisotopic (exact) mass is 214 g/mol. The molecule has 0 spiro atoms. The number of nitrogens with one attached hydrogen (secondary N) is 2. The molecule has 6 heteroatoms. The van der Waals surface area contributed by atoms with E-state index in [0.717, 1.165) is 19.4 Å². The highest BCUT2D eigenvalue weighted by Gasteiger charge is 2.27. The Balaban J connectivity index is 2.39. The molecular formula is C9H18N4O2. The van der Waals surface area contributed by atoms with E-state index in [1.165, 1.54) is 0 Å². The van der Waals surface area contributed by atoms with Crippen molar-refractivity contribution in [2.45, 2.75) is 18.9 Å². The van der Waals surface area contributed by atoms with Crippen LogP contribution in [0.4, 0.5) is 4.79 Å². The number of amides is 3. The van der Waals surface area contributed by atoms with Crippen molar-refractivity contribution in [2.24, 2.45) is 5.73 Å². The molecule has 1 unspecified atom stereocenters. The number of nitrogens with two attached hydrogens (primary N) is 1. The summed E-state index contributed by atoms with van der Waals surface area (Å²) in [5.41, 5.74) is 5.17. The molecule has 0 radical (unpaired) electrons. The molecule has 3 amide bonds. The molecule has 0 aromatic rings. The first kappa shape index (κ1) is 11.8. The minimum absolute atomic E-state index is 0.00725. The van der Waals surface area contributed by atoms with E-state index < -0.39 is 0 Å². The van der Waals surface area contributed by atoms with Gasteiger partial charge >= 0.3 is 6.03 Å². The number of hydrogen-bond donors (Lipinski definition) is 3. The first-order valence-corrected chi connectivity index (χ1v) is 5.14. The molecule has 4 N–H and O–H groups in total. The first-order valence-electron chi connectivity index (χ1n) is 5.14. The topological polar surface area (TPSA) is 87.5 Å². The Morgan fingerprint density at radius 1 is 1.53 bits per heavy atom. The van der Waals surface area contributed by atoms with Gasteiger partial charge in [-0.1, -0.05) is 0 Å². The van der Waals surface area contributed by atoms with Crippen LogP contribution >= 0.6 is 0 Å². The van der Waals surface area contributed by atoms with Gasteiger partial charge in [0.2, 0.25) is 5.91 Å². The van der Waals surface area contributed by atoms with Crippen molar-refractivity contribution in [2.75, 3.05) is 26.7 Å². The minimum atomic E-state index is -0.182. The van der Waals surface area contributed by atoms with Crippen LogP contribution in [-0.2, 0) is 4.79 Å². The standard InChI is InChI=1S/C9H18N4O2/c1-11-9(15)13-4-2-3-7(13)6-12-8(14)5-10/h7H,2-6,10H2,1H3,(H,11,15)(H,12,14). The third-order valence-electron chi connectivity index (χ3n) is 2.57. The molecule has 1 aliphatic heterocycles. The lowest BCUT2D eigenvalue weighted by molar-refractivity contribution is -0.119. The Bertz CT molecular complexity index is 244.